The molecular formula is C12H16O4. The molecule has 0 heterocycles. The van der Waals surface area contributed by atoms with Crippen molar-refractivity contribution in [3.8, 4) is 11.5 Å². The topological polar surface area (TPSA) is 66.8 Å². The second kappa shape index (κ2) is 6.00. The summed E-state index contributed by atoms with van der Waals surface area (Å²) < 4.78 is 4.52. The molecule has 0 aliphatic carbocycles. The van der Waals surface area contributed by atoms with Crippen LogP contribution in [0.25, 0.3) is 0 Å². The number of rotatable bonds is 5. The molecule has 1 aromatic rings. The van der Waals surface area contributed by atoms with Crippen LogP contribution in [-0.4, -0.2) is 23.3 Å². The first-order chi connectivity index (χ1) is 7.61. The van der Waals surface area contributed by atoms with Crippen molar-refractivity contribution in [1.29, 1.82) is 0 Å². The minimum absolute atomic E-state index is 0.0583. The summed E-state index contributed by atoms with van der Waals surface area (Å²) in [7, 11) is 1.37. The van der Waals surface area contributed by atoms with E-state index in [0.717, 1.165) is 24.8 Å². The Morgan fingerprint density at radius 1 is 1.19 bits per heavy atom. The highest BCUT2D eigenvalue weighted by Crippen LogP contribution is 2.21. The van der Waals surface area contributed by atoms with Crippen LogP contribution in [0.2, 0.25) is 0 Å². The molecule has 16 heavy (non-hydrogen) atoms. The van der Waals surface area contributed by atoms with Gasteiger partial charge >= 0.3 is 5.97 Å². The van der Waals surface area contributed by atoms with Crippen LogP contribution in [0.1, 0.15) is 24.8 Å². The van der Waals surface area contributed by atoms with Gasteiger partial charge in [0.05, 0.1) is 7.11 Å². The largest absolute Gasteiger partial charge is 0.508 e. The maximum atomic E-state index is 10.8. The third-order valence-electron chi connectivity index (χ3n) is 2.29. The number of phenols is 2. The molecule has 0 saturated heterocycles. The SMILES string of the molecule is COC(=O)CCCCc1cc(O)cc(O)c1. The minimum Gasteiger partial charge on any atom is -0.508 e. The molecule has 0 unspecified atom stereocenters. The van der Waals surface area contributed by atoms with E-state index in [1.165, 1.54) is 13.2 Å². The van der Waals surface area contributed by atoms with Crippen molar-refractivity contribution in [3.63, 3.8) is 0 Å². The molecule has 0 radical (unpaired) electrons. The van der Waals surface area contributed by atoms with Gasteiger partial charge < -0.3 is 14.9 Å². The van der Waals surface area contributed by atoms with Crippen molar-refractivity contribution in [2.24, 2.45) is 0 Å². The molecule has 4 heteroatoms. The van der Waals surface area contributed by atoms with Crippen molar-refractivity contribution in [2.75, 3.05) is 7.11 Å². The number of unbranched alkanes of at least 4 members (excludes halogenated alkanes) is 1. The lowest BCUT2D eigenvalue weighted by Crippen LogP contribution is -1.99. The summed E-state index contributed by atoms with van der Waals surface area (Å²) in [5.74, 6) is -0.0929. The number of carbonyl (C=O) groups excluding carboxylic acids is 1. The molecule has 88 valence electrons. The first-order valence-electron chi connectivity index (χ1n) is 5.20. The van der Waals surface area contributed by atoms with Crippen molar-refractivity contribution < 1.29 is 19.7 Å². The second-order valence-electron chi connectivity index (χ2n) is 3.64. The Morgan fingerprint density at radius 2 is 1.81 bits per heavy atom. The Kier molecular flexibility index (Phi) is 4.64. The number of methoxy groups -OCH3 is 1. The van der Waals surface area contributed by atoms with E-state index in [4.69, 9.17) is 0 Å². The average molecular weight is 224 g/mol. The lowest BCUT2D eigenvalue weighted by atomic mass is 10.1. The molecule has 1 aromatic carbocycles. The molecule has 0 aliphatic rings. The van der Waals surface area contributed by atoms with Crippen LogP contribution in [0.5, 0.6) is 11.5 Å². The molecule has 4 nitrogen and oxygen atoms in total. The van der Waals surface area contributed by atoms with Crippen LogP contribution >= 0.6 is 0 Å². The third kappa shape index (κ3) is 4.21. The zero-order valence-electron chi connectivity index (χ0n) is 9.27. The predicted molar refractivity (Wildman–Crippen MR) is 59.3 cm³/mol. The van der Waals surface area contributed by atoms with Gasteiger partial charge in [-0.25, -0.2) is 0 Å². The number of phenolic OH excluding ortho intramolecular Hbond substituents is 2. The smallest absolute Gasteiger partial charge is 0.305 e. The zero-order chi connectivity index (χ0) is 12.0. The van der Waals surface area contributed by atoms with E-state index in [0.29, 0.717) is 6.42 Å². The first kappa shape index (κ1) is 12.4. The molecular weight excluding hydrogens is 208 g/mol. The molecule has 1 rings (SSSR count). The van der Waals surface area contributed by atoms with Gasteiger partial charge in [-0.2, -0.15) is 0 Å². The average Bonchev–Trinajstić information content (AvgIpc) is 2.22. The maximum absolute atomic E-state index is 10.8. The standard InChI is InChI=1S/C12H16O4/c1-16-12(15)5-3-2-4-9-6-10(13)8-11(14)7-9/h6-8,13-14H,2-5H2,1H3. The van der Waals surface area contributed by atoms with E-state index in [1.54, 1.807) is 12.1 Å². The van der Waals surface area contributed by atoms with Gasteiger partial charge in [-0.3, -0.25) is 4.79 Å². The lowest BCUT2D eigenvalue weighted by Gasteiger charge is -2.03. The third-order valence-corrected chi connectivity index (χ3v) is 2.29. The summed E-state index contributed by atoms with van der Waals surface area (Å²) in [6.07, 6.45) is 2.68. The lowest BCUT2D eigenvalue weighted by molar-refractivity contribution is -0.140. The van der Waals surface area contributed by atoms with Gasteiger partial charge in [0.1, 0.15) is 11.5 Å². The van der Waals surface area contributed by atoms with Gasteiger partial charge in [-0.15, -0.1) is 0 Å². The van der Waals surface area contributed by atoms with E-state index < -0.39 is 0 Å². The monoisotopic (exact) mass is 224 g/mol. The Bertz CT molecular complexity index is 340. The second-order valence-corrected chi connectivity index (χ2v) is 3.64. The summed E-state index contributed by atoms with van der Waals surface area (Å²) in [6.45, 7) is 0. The number of hydrogen-bond acceptors (Lipinski definition) is 4. The number of aryl methyl sites for hydroxylation is 1. The number of benzene rings is 1. The number of esters is 1. The van der Waals surface area contributed by atoms with Gasteiger partial charge in [-0.05, 0) is 37.0 Å². The van der Waals surface area contributed by atoms with Crippen LogP contribution in [0.15, 0.2) is 18.2 Å². The minimum atomic E-state index is -0.209. The number of aromatic hydroxyl groups is 2. The fourth-order valence-electron chi connectivity index (χ4n) is 1.50. The Hall–Kier alpha value is -1.71. The van der Waals surface area contributed by atoms with Crippen LogP contribution in [0.3, 0.4) is 0 Å². The van der Waals surface area contributed by atoms with E-state index in [-0.39, 0.29) is 17.5 Å². The number of ether oxygens (including phenoxy) is 1. The van der Waals surface area contributed by atoms with Crippen molar-refractivity contribution in [3.05, 3.63) is 23.8 Å². The Balaban J connectivity index is 2.34. The van der Waals surface area contributed by atoms with Gasteiger partial charge in [0, 0.05) is 12.5 Å². The van der Waals surface area contributed by atoms with Gasteiger partial charge in [0.15, 0.2) is 0 Å². The van der Waals surface area contributed by atoms with Gasteiger partial charge in [-0.1, -0.05) is 0 Å². The fraction of sp³-hybridized carbons (Fsp3) is 0.417. The van der Waals surface area contributed by atoms with Gasteiger partial charge in [0.25, 0.3) is 0 Å². The van der Waals surface area contributed by atoms with Crippen molar-refractivity contribution in [1.82, 2.24) is 0 Å². The van der Waals surface area contributed by atoms with Crippen LogP contribution in [0.4, 0.5) is 0 Å². The molecule has 2 N–H and O–H groups in total. The molecule has 0 saturated carbocycles. The first-order valence-corrected chi connectivity index (χ1v) is 5.20. The van der Waals surface area contributed by atoms with Crippen LogP contribution in [-0.2, 0) is 16.0 Å². The van der Waals surface area contributed by atoms with Crippen LogP contribution < -0.4 is 0 Å². The number of carbonyl (C=O) groups is 1. The van der Waals surface area contributed by atoms with Crippen LogP contribution in [0, 0.1) is 0 Å². The zero-order valence-corrected chi connectivity index (χ0v) is 9.27. The number of hydrogen-bond donors (Lipinski definition) is 2. The highest BCUT2D eigenvalue weighted by atomic mass is 16.5. The van der Waals surface area contributed by atoms with E-state index in [9.17, 15) is 15.0 Å². The Morgan fingerprint density at radius 3 is 2.38 bits per heavy atom. The summed E-state index contributed by atoms with van der Waals surface area (Å²) in [5, 5.41) is 18.5. The van der Waals surface area contributed by atoms with Crippen molar-refractivity contribution in [2.45, 2.75) is 25.7 Å². The highest BCUT2D eigenvalue weighted by molar-refractivity contribution is 5.68. The molecule has 0 aliphatic heterocycles. The molecule has 0 aromatic heterocycles. The molecule has 0 bridgehead atoms. The quantitative estimate of drug-likeness (QED) is 0.593. The molecule has 0 amide bonds. The summed E-state index contributed by atoms with van der Waals surface area (Å²) in [6, 6.07) is 4.51. The molecule has 0 atom stereocenters. The maximum Gasteiger partial charge on any atom is 0.305 e. The van der Waals surface area contributed by atoms with E-state index in [1.807, 2.05) is 0 Å². The predicted octanol–water partition coefficient (Wildman–Crippen LogP) is 1.98. The molecule has 0 fully saturated rings. The Labute approximate surface area is 94.5 Å². The van der Waals surface area contributed by atoms with E-state index >= 15 is 0 Å². The highest BCUT2D eigenvalue weighted by Gasteiger charge is 2.02. The van der Waals surface area contributed by atoms with E-state index in [2.05, 4.69) is 4.74 Å². The van der Waals surface area contributed by atoms with Crippen molar-refractivity contribution >= 4 is 5.97 Å². The van der Waals surface area contributed by atoms with Gasteiger partial charge in [0.2, 0.25) is 0 Å². The normalized spacial score (nSPS) is 10.1. The molecule has 0 spiro atoms. The fourth-order valence-corrected chi connectivity index (χ4v) is 1.50. The summed E-state index contributed by atoms with van der Waals surface area (Å²) in [5.41, 5.74) is 0.863. The summed E-state index contributed by atoms with van der Waals surface area (Å²) in [4.78, 5) is 10.8. The summed E-state index contributed by atoms with van der Waals surface area (Å²) >= 11 is 0.